The highest BCUT2D eigenvalue weighted by Gasteiger charge is 2.27. The standard InChI is InChI=1S/C24H21N5O/c30-24(26-21-11-10-18-8-4-5-9-20(18)21)22-23(19-12-14-25-15-13-19)29(28-27-22)16-17-6-2-1-3-7-17/h1-9,12-15,21H,10-11,16H2,(H,26,30)/t21-/m1/s1. The van der Waals surface area contributed by atoms with Crippen molar-refractivity contribution in [1.29, 1.82) is 0 Å². The molecule has 1 amide bonds. The Morgan fingerprint density at radius 3 is 2.60 bits per heavy atom. The molecule has 0 bridgehead atoms. The highest BCUT2D eigenvalue weighted by Crippen LogP contribution is 2.31. The molecule has 0 aliphatic heterocycles. The van der Waals surface area contributed by atoms with Crippen LogP contribution in [0.3, 0.4) is 0 Å². The third kappa shape index (κ3) is 3.48. The van der Waals surface area contributed by atoms with Crippen molar-refractivity contribution < 1.29 is 4.79 Å². The molecule has 1 aliphatic carbocycles. The summed E-state index contributed by atoms with van der Waals surface area (Å²) in [4.78, 5) is 17.3. The molecule has 0 spiro atoms. The normalized spacial score (nSPS) is 15.0. The van der Waals surface area contributed by atoms with E-state index in [0.717, 1.165) is 24.0 Å². The zero-order valence-corrected chi connectivity index (χ0v) is 16.4. The lowest BCUT2D eigenvalue weighted by atomic mass is 10.1. The Bertz CT molecular complexity index is 1170. The molecule has 0 saturated heterocycles. The number of fused-ring (bicyclic) bond motifs is 1. The van der Waals surface area contributed by atoms with E-state index in [-0.39, 0.29) is 11.9 Å². The van der Waals surface area contributed by atoms with Gasteiger partial charge in [-0.1, -0.05) is 59.8 Å². The molecule has 148 valence electrons. The molecule has 0 fully saturated rings. The average molecular weight is 395 g/mol. The number of nitrogens with zero attached hydrogens (tertiary/aromatic N) is 4. The molecule has 6 nitrogen and oxygen atoms in total. The van der Waals surface area contributed by atoms with Crippen molar-refractivity contribution in [3.8, 4) is 11.3 Å². The van der Waals surface area contributed by atoms with Gasteiger partial charge in [-0.2, -0.15) is 0 Å². The topological polar surface area (TPSA) is 72.7 Å². The van der Waals surface area contributed by atoms with E-state index in [1.165, 1.54) is 11.1 Å². The number of nitrogens with one attached hydrogen (secondary N) is 1. The number of benzene rings is 2. The lowest BCUT2D eigenvalue weighted by Gasteiger charge is -2.14. The van der Waals surface area contributed by atoms with Crippen molar-refractivity contribution in [2.45, 2.75) is 25.4 Å². The van der Waals surface area contributed by atoms with E-state index in [1.807, 2.05) is 54.6 Å². The Morgan fingerprint density at radius 1 is 1.00 bits per heavy atom. The molecule has 6 heteroatoms. The first-order chi connectivity index (χ1) is 14.8. The van der Waals surface area contributed by atoms with Gasteiger partial charge < -0.3 is 5.32 Å². The maximum absolute atomic E-state index is 13.2. The van der Waals surface area contributed by atoms with Crippen LogP contribution in [0.5, 0.6) is 0 Å². The van der Waals surface area contributed by atoms with Crippen molar-refractivity contribution in [3.05, 3.63) is 102 Å². The Kier molecular flexibility index (Phi) is 4.81. The fraction of sp³-hybridized carbons (Fsp3) is 0.167. The summed E-state index contributed by atoms with van der Waals surface area (Å²) in [5, 5.41) is 11.7. The van der Waals surface area contributed by atoms with E-state index >= 15 is 0 Å². The second kappa shape index (κ2) is 7.91. The molecule has 2 aromatic carbocycles. The molecule has 1 aliphatic rings. The molecule has 1 atom stereocenters. The van der Waals surface area contributed by atoms with E-state index in [1.54, 1.807) is 17.1 Å². The van der Waals surface area contributed by atoms with Crippen molar-refractivity contribution in [1.82, 2.24) is 25.3 Å². The lowest BCUT2D eigenvalue weighted by Crippen LogP contribution is -2.28. The number of amides is 1. The summed E-state index contributed by atoms with van der Waals surface area (Å²) in [7, 11) is 0. The largest absolute Gasteiger partial charge is 0.344 e. The number of pyridine rings is 1. The van der Waals surface area contributed by atoms with Crippen LogP contribution in [0.15, 0.2) is 79.1 Å². The molecule has 5 rings (SSSR count). The van der Waals surface area contributed by atoms with Gasteiger partial charge >= 0.3 is 0 Å². The summed E-state index contributed by atoms with van der Waals surface area (Å²) in [6.07, 6.45) is 5.29. The van der Waals surface area contributed by atoms with Crippen molar-refractivity contribution in [3.63, 3.8) is 0 Å². The second-order valence-electron chi connectivity index (χ2n) is 7.43. The first kappa shape index (κ1) is 18.2. The summed E-state index contributed by atoms with van der Waals surface area (Å²) in [5.74, 6) is -0.206. The van der Waals surface area contributed by atoms with Crippen LogP contribution in [-0.4, -0.2) is 25.9 Å². The number of carbonyl (C=O) groups is 1. The van der Waals surface area contributed by atoms with E-state index in [2.05, 4.69) is 32.7 Å². The van der Waals surface area contributed by atoms with Crippen LogP contribution in [0.4, 0.5) is 0 Å². The Hall–Kier alpha value is -3.80. The summed E-state index contributed by atoms with van der Waals surface area (Å²) in [5.41, 5.74) is 5.47. The number of rotatable bonds is 5. The third-order valence-corrected chi connectivity index (χ3v) is 5.52. The molecule has 2 aromatic heterocycles. The monoisotopic (exact) mass is 395 g/mol. The summed E-state index contributed by atoms with van der Waals surface area (Å²) < 4.78 is 1.78. The third-order valence-electron chi connectivity index (χ3n) is 5.52. The molecule has 2 heterocycles. The average Bonchev–Trinajstić information content (AvgIpc) is 3.40. The zero-order valence-electron chi connectivity index (χ0n) is 16.4. The Morgan fingerprint density at radius 2 is 1.77 bits per heavy atom. The molecule has 0 radical (unpaired) electrons. The highest BCUT2D eigenvalue weighted by atomic mass is 16.2. The first-order valence-electron chi connectivity index (χ1n) is 10.1. The van der Waals surface area contributed by atoms with Gasteiger partial charge in [0.1, 0.15) is 5.69 Å². The van der Waals surface area contributed by atoms with Crippen molar-refractivity contribution in [2.75, 3.05) is 0 Å². The van der Waals surface area contributed by atoms with Gasteiger partial charge in [0.15, 0.2) is 5.69 Å². The van der Waals surface area contributed by atoms with Gasteiger partial charge in [-0.3, -0.25) is 9.78 Å². The fourth-order valence-electron chi connectivity index (χ4n) is 4.06. The van der Waals surface area contributed by atoms with Crippen LogP contribution in [0.2, 0.25) is 0 Å². The minimum absolute atomic E-state index is 0.00161. The SMILES string of the molecule is O=C(N[C@@H]1CCc2ccccc21)c1nnn(Cc2ccccc2)c1-c1ccncc1. The smallest absolute Gasteiger partial charge is 0.274 e. The van der Waals surface area contributed by atoms with E-state index in [9.17, 15) is 4.79 Å². The van der Waals surface area contributed by atoms with Gasteiger partial charge in [0.05, 0.1) is 12.6 Å². The predicted octanol–water partition coefficient (Wildman–Crippen LogP) is 3.81. The van der Waals surface area contributed by atoms with Gasteiger partial charge in [0, 0.05) is 18.0 Å². The van der Waals surface area contributed by atoms with Crippen LogP contribution in [-0.2, 0) is 13.0 Å². The lowest BCUT2D eigenvalue weighted by molar-refractivity contribution is 0.0932. The number of hydrogen-bond acceptors (Lipinski definition) is 4. The number of aryl methyl sites for hydroxylation is 1. The first-order valence-corrected chi connectivity index (χ1v) is 10.1. The molecular formula is C24H21N5O. The molecule has 4 aromatic rings. The number of hydrogen-bond donors (Lipinski definition) is 1. The predicted molar refractivity (Wildman–Crippen MR) is 114 cm³/mol. The van der Waals surface area contributed by atoms with Crippen LogP contribution < -0.4 is 5.32 Å². The quantitative estimate of drug-likeness (QED) is 0.558. The summed E-state index contributed by atoms with van der Waals surface area (Å²) in [6, 6.07) is 22.0. The van der Waals surface area contributed by atoms with Crippen LogP contribution in [0, 0.1) is 0 Å². The van der Waals surface area contributed by atoms with Crippen molar-refractivity contribution >= 4 is 5.91 Å². The number of carbonyl (C=O) groups excluding carboxylic acids is 1. The van der Waals surface area contributed by atoms with Gasteiger partial charge in [-0.05, 0) is 41.7 Å². The number of aromatic nitrogens is 4. The maximum atomic E-state index is 13.2. The van der Waals surface area contributed by atoms with Gasteiger partial charge in [0.25, 0.3) is 5.91 Å². The second-order valence-corrected chi connectivity index (χ2v) is 7.43. The molecule has 0 saturated carbocycles. The molecule has 1 N–H and O–H groups in total. The molecule has 0 unspecified atom stereocenters. The molecule has 30 heavy (non-hydrogen) atoms. The van der Waals surface area contributed by atoms with Gasteiger partial charge in [-0.15, -0.1) is 5.10 Å². The fourth-order valence-corrected chi connectivity index (χ4v) is 4.06. The summed E-state index contributed by atoms with van der Waals surface area (Å²) in [6.45, 7) is 0.533. The van der Waals surface area contributed by atoms with Gasteiger partial charge in [0.2, 0.25) is 0 Å². The minimum atomic E-state index is -0.206. The molecular weight excluding hydrogens is 374 g/mol. The van der Waals surface area contributed by atoms with Crippen LogP contribution >= 0.6 is 0 Å². The summed E-state index contributed by atoms with van der Waals surface area (Å²) >= 11 is 0. The van der Waals surface area contributed by atoms with E-state index in [4.69, 9.17) is 0 Å². The van der Waals surface area contributed by atoms with Crippen molar-refractivity contribution in [2.24, 2.45) is 0 Å². The zero-order chi connectivity index (χ0) is 20.3. The maximum Gasteiger partial charge on any atom is 0.274 e. The van der Waals surface area contributed by atoms with Crippen LogP contribution in [0.1, 0.15) is 39.6 Å². The van der Waals surface area contributed by atoms with Crippen LogP contribution in [0.25, 0.3) is 11.3 Å². The van der Waals surface area contributed by atoms with E-state index < -0.39 is 0 Å². The Labute approximate surface area is 174 Å². The van der Waals surface area contributed by atoms with E-state index in [0.29, 0.717) is 17.9 Å². The Balaban J connectivity index is 1.48. The van der Waals surface area contributed by atoms with Gasteiger partial charge in [-0.25, -0.2) is 4.68 Å². The highest BCUT2D eigenvalue weighted by molar-refractivity contribution is 5.98. The minimum Gasteiger partial charge on any atom is -0.344 e.